The van der Waals surface area contributed by atoms with Crippen LogP contribution < -0.4 is 9.80 Å². The average molecular weight is 283 g/mol. The first-order valence-corrected chi connectivity index (χ1v) is 7.24. The van der Waals surface area contributed by atoms with E-state index in [4.69, 9.17) is 4.98 Å². The number of rotatable bonds is 3. The van der Waals surface area contributed by atoms with Gasteiger partial charge in [-0.15, -0.1) is 0 Å². The van der Waals surface area contributed by atoms with Gasteiger partial charge in [-0.25, -0.2) is 4.98 Å². The van der Waals surface area contributed by atoms with Gasteiger partial charge in [0.2, 0.25) is 5.95 Å². The van der Waals surface area contributed by atoms with E-state index in [1.165, 1.54) is 11.3 Å². The van der Waals surface area contributed by atoms with Crippen LogP contribution in [0.3, 0.4) is 0 Å². The average Bonchev–Trinajstić information content (AvgIpc) is 2.42. The molecule has 0 unspecified atom stereocenters. The highest BCUT2D eigenvalue weighted by atomic mass is 15.3. The van der Waals surface area contributed by atoms with Crippen molar-refractivity contribution >= 4 is 11.8 Å². The third kappa shape index (κ3) is 2.55. The number of aryl methyl sites for hydroxylation is 1. The molecule has 2 aromatic rings. The molecule has 0 atom stereocenters. The highest BCUT2D eigenvalue weighted by molar-refractivity contribution is 5.55. The Bertz CT molecular complexity index is 633. The van der Waals surface area contributed by atoms with Crippen molar-refractivity contribution in [2.75, 3.05) is 37.0 Å². The van der Waals surface area contributed by atoms with Crippen molar-refractivity contribution in [3.05, 3.63) is 41.3 Å². The van der Waals surface area contributed by atoms with Gasteiger partial charge in [-0.1, -0.05) is 6.07 Å². The predicted molar refractivity (Wildman–Crippen MR) is 85.0 cm³/mol. The Morgan fingerprint density at radius 3 is 2.52 bits per heavy atom. The number of pyridine rings is 1. The Balaban J connectivity index is 1.80. The first-order chi connectivity index (χ1) is 10.1. The number of hydrogen-bond acceptors (Lipinski definition) is 5. The minimum Gasteiger partial charge on any atom is -0.355 e. The van der Waals surface area contributed by atoms with E-state index in [0.717, 1.165) is 30.5 Å². The number of hydrogen-bond donors (Lipinski definition) is 0. The SMILES string of the molecule is Cc1nc(N(C)C)nc(N2CC(c3ccccn3)C2)c1C. The number of anilines is 2. The molecule has 1 aliphatic rings. The fraction of sp³-hybridized carbons (Fsp3) is 0.438. The Kier molecular flexibility index (Phi) is 3.49. The molecule has 110 valence electrons. The summed E-state index contributed by atoms with van der Waals surface area (Å²) in [6, 6.07) is 6.11. The van der Waals surface area contributed by atoms with Gasteiger partial charge < -0.3 is 9.80 Å². The van der Waals surface area contributed by atoms with Crippen molar-refractivity contribution in [1.29, 1.82) is 0 Å². The van der Waals surface area contributed by atoms with Gasteiger partial charge in [0, 0.05) is 56.3 Å². The molecule has 0 spiro atoms. The van der Waals surface area contributed by atoms with E-state index >= 15 is 0 Å². The maximum Gasteiger partial charge on any atom is 0.227 e. The summed E-state index contributed by atoms with van der Waals surface area (Å²) in [6.45, 7) is 6.09. The standard InChI is InChI=1S/C16H21N5/c1-11-12(2)18-16(20(3)4)19-15(11)21-9-13(10-21)14-7-5-6-8-17-14/h5-8,13H,9-10H2,1-4H3. The second-order valence-corrected chi connectivity index (χ2v) is 5.81. The molecule has 0 bridgehead atoms. The quantitative estimate of drug-likeness (QED) is 0.863. The van der Waals surface area contributed by atoms with Crippen LogP contribution in [0.1, 0.15) is 22.9 Å². The molecule has 1 fully saturated rings. The predicted octanol–water partition coefficient (Wildman–Crippen LogP) is 2.16. The molecule has 5 nitrogen and oxygen atoms in total. The number of aromatic nitrogens is 3. The molecule has 5 heteroatoms. The van der Waals surface area contributed by atoms with E-state index in [1.54, 1.807) is 0 Å². The molecule has 21 heavy (non-hydrogen) atoms. The van der Waals surface area contributed by atoms with Crippen molar-refractivity contribution in [1.82, 2.24) is 15.0 Å². The second-order valence-electron chi connectivity index (χ2n) is 5.81. The van der Waals surface area contributed by atoms with Crippen LogP contribution in [0.2, 0.25) is 0 Å². The Labute approximate surface area is 125 Å². The van der Waals surface area contributed by atoms with Gasteiger partial charge in [0.05, 0.1) is 0 Å². The zero-order valence-corrected chi connectivity index (χ0v) is 13.0. The third-order valence-corrected chi connectivity index (χ3v) is 4.04. The van der Waals surface area contributed by atoms with Crippen molar-refractivity contribution in [3.8, 4) is 0 Å². The highest BCUT2D eigenvalue weighted by Gasteiger charge is 2.31. The Morgan fingerprint density at radius 2 is 1.90 bits per heavy atom. The summed E-state index contributed by atoms with van der Waals surface area (Å²) >= 11 is 0. The van der Waals surface area contributed by atoms with Gasteiger partial charge >= 0.3 is 0 Å². The molecule has 0 N–H and O–H groups in total. The van der Waals surface area contributed by atoms with Crippen LogP contribution in [0.25, 0.3) is 0 Å². The topological polar surface area (TPSA) is 45.2 Å². The Morgan fingerprint density at radius 1 is 1.14 bits per heavy atom. The van der Waals surface area contributed by atoms with Gasteiger partial charge in [0.15, 0.2) is 0 Å². The number of nitrogens with zero attached hydrogens (tertiary/aromatic N) is 5. The first-order valence-electron chi connectivity index (χ1n) is 7.24. The van der Waals surface area contributed by atoms with Gasteiger partial charge in [-0.05, 0) is 26.0 Å². The fourth-order valence-electron chi connectivity index (χ4n) is 2.56. The van der Waals surface area contributed by atoms with Crippen molar-refractivity contribution in [3.63, 3.8) is 0 Å². The minimum atomic E-state index is 0.503. The molecule has 0 amide bonds. The van der Waals surface area contributed by atoms with E-state index in [0.29, 0.717) is 5.92 Å². The fourth-order valence-corrected chi connectivity index (χ4v) is 2.56. The third-order valence-electron chi connectivity index (χ3n) is 4.04. The van der Waals surface area contributed by atoms with Crippen molar-refractivity contribution in [2.24, 2.45) is 0 Å². The first kappa shape index (κ1) is 13.8. The summed E-state index contributed by atoms with van der Waals surface area (Å²) in [4.78, 5) is 17.9. The summed E-state index contributed by atoms with van der Waals surface area (Å²) in [5, 5.41) is 0. The summed E-state index contributed by atoms with van der Waals surface area (Å²) in [7, 11) is 3.95. The molecule has 0 saturated carbocycles. The minimum absolute atomic E-state index is 0.503. The lowest BCUT2D eigenvalue weighted by Crippen LogP contribution is -2.46. The molecular weight excluding hydrogens is 262 g/mol. The summed E-state index contributed by atoms with van der Waals surface area (Å²) in [5.41, 5.74) is 3.38. The zero-order valence-electron chi connectivity index (χ0n) is 13.0. The van der Waals surface area contributed by atoms with Gasteiger partial charge in [0.1, 0.15) is 5.82 Å². The maximum atomic E-state index is 4.70. The van der Waals surface area contributed by atoms with Crippen molar-refractivity contribution in [2.45, 2.75) is 19.8 Å². The van der Waals surface area contributed by atoms with E-state index in [9.17, 15) is 0 Å². The Hall–Kier alpha value is -2.17. The van der Waals surface area contributed by atoms with Gasteiger partial charge in [-0.3, -0.25) is 4.98 Å². The molecule has 0 aliphatic carbocycles. The molecule has 3 rings (SSSR count). The van der Waals surface area contributed by atoms with E-state index < -0.39 is 0 Å². The molecule has 3 heterocycles. The molecule has 2 aromatic heterocycles. The zero-order chi connectivity index (χ0) is 15.0. The summed E-state index contributed by atoms with van der Waals surface area (Å²) < 4.78 is 0. The van der Waals surface area contributed by atoms with Crippen LogP contribution >= 0.6 is 0 Å². The molecule has 0 radical (unpaired) electrons. The second kappa shape index (κ2) is 5.31. The monoisotopic (exact) mass is 283 g/mol. The van der Waals surface area contributed by atoms with Gasteiger partial charge in [0.25, 0.3) is 0 Å². The smallest absolute Gasteiger partial charge is 0.227 e. The van der Waals surface area contributed by atoms with Crippen LogP contribution in [0, 0.1) is 13.8 Å². The lowest BCUT2D eigenvalue weighted by molar-refractivity contribution is 0.507. The lowest BCUT2D eigenvalue weighted by Gasteiger charge is -2.40. The maximum absolute atomic E-state index is 4.70. The van der Waals surface area contributed by atoms with Gasteiger partial charge in [-0.2, -0.15) is 4.98 Å². The van der Waals surface area contributed by atoms with Crippen LogP contribution in [-0.4, -0.2) is 42.1 Å². The van der Waals surface area contributed by atoms with Crippen LogP contribution in [0.4, 0.5) is 11.8 Å². The van der Waals surface area contributed by atoms with Crippen LogP contribution in [-0.2, 0) is 0 Å². The van der Waals surface area contributed by atoms with E-state index in [-0.39, 0.29) is 0 Å². The van der Waals surface area contributed by atoms with Crippen molar-refractivity contribution < 1.29 is 0 Å². The molecule has 1 aliphatic heterocycles. The molecular formula is C16H21N5. The van der Waals surface area contributed by atoms with E-state index in [1.807, 2.05) is 38.2 Å². The molecule has 0 aromatic carbocycles. The largest absolute Gasteiger partial charge is 0.355 e. The normalized spacial score (nSPS) is 15.0. The summed E-state index contributed by atoms with van der Waals surface area (Å²) in [5.74, 6) is 2.33. The van der Waals surface area contributed by atoms with E-state index in [2.05, 4.69) is 33.9 Å². The van der Waals surface area contributed by atoms with Crippen LogP contribution in [0.15, 0.2) is 24.4 Å². The lowest BCUT2D eigenvalue weighted by atomic mass is 9.95. The highest BCUT2D eigenvalue weighted by Crippen LogP contribution is 2.32. The molecule has 1 saturated heterocycles. The van der Waals surface area contributed by atoms with Crippen LogP contribution in [0.5, 0.6) is 0 Å². The summed E-state index contributed by atoms with van der Waals surface area (Å²) in [6.07, 6.45) is 1.86.